The molecule has 1 aliphatic heterocycles. The number of rotatable bonds is 6. The van der Waals surface area contributed by atoms with Crippen molar-refractivity contribution in [2.24, 2.45) is 0 Å². The van der Waals surface area contributed by atoms with E-state index in [9.17, 15) is 4.79 Å². The van der Waals surface area contributed by atoms with Crippen molar-refractivity contribution < 1.29 is 9.53 Å². The second-order valence-electron chi connectivity index (χ2n) is 6.21. The molecule has 1 fully saturated rings. The zero-order chi connectivity index (χ0) is 16.8. The minimum atomic E-state index is -0.0780. The molecule has 0 N–H and O–H groups in total. The van der Waals surface area contributed by atoms with Gasteiger partial charge in [-0.3, -0.25) is 9.78 Å². The fourth-order valence-corrected chi connectivity index (χ4v) is 2.90. The molecule has 2 aromatic rings. The van der Waals surface area contributed by atoms with E-state index in [1.807, 2.05) is 4.90 Å². The normalized spacial score (nSPS) is 17.0. The Labute approximate surface area is 142 Å². The second kappa shape index (κ2) is 8.02. The van der Waals surface area contributed by atoms with E-state index in [4.69, 9.17) is 4.74 Å². The number of aryl methyl sites for hydroxylation is 1. The van der Waals surface area contributed by atoms with Gasteiger partial charge in [-0.2, -0.15) is 0 Å². The molecule has 1 aromatic heterocycles. The van der Waals surface area contributed by atoms with Crippen LogP contribution in [0.1, 0.15) is 34.5 Å². The quantitative estimate of drug-likeness (QED) is 0.819. The van der Waals surface area contributed by atoms with Crippen LogP contribution in [0.25, 0.3) is 0 Å². The van der Waals surface area contributed by atoms with E-state index < -0.39 is 0 Å². The van der Waals surface area contributed by atoms with Gasteiger partial charge in [0.05, 0.1) is 12.3 Å². The SMILES string of the molecule is Cc1ccc(CCN(C[C@@H]2CCCO2)C(=O)c2cnccn2)cc1. The van der Waals surface area contributed by atoms with Gasteiger partial charge in [-0.05, 0) is 31.7 Å². The highest BCUT2D eigenvalue weighted by Crippen LogP contribution is 2.15. The molecule has 1 amide bonds. The van der Waals surface area contributed by atoms with Crippen LogP contribution in [0.5, 0.6) is 0 Å². The van der Waals surface area contributed by atoms with Crippen molar-refractivity contribution in [3.63, 3.8) is 0 Å². The first kappa shape index (κ1) is 16.6. The predicted molar refractivity (Wildman–Crippen MR) is 91.8 cm³/mol. The van der Waals surface area contributed by atoms with Crippen LogP contribution in [-0.4, -0.2) is 46.6 Å². The van der Waals surface area contributed by atoms with Crippen LogP contribution in [0.4, 0.5) is 0 Å². The number of ether oxygens (including phenoxy) is 1. The summed E-state index contributed by atoms with van der Waals surface area (Å²) < 4.78 is 5.71. The largest absolute Gasteiger partial charge is 0.376 e. The Bertz CT molecular complexity index is 652. The fourth-order valence-electron chi connectivity index (χ4n) is 2.90. The van der Waals surface area contributed by atoms with Gasteiger partial charge >= 0.3 is 0 Å². The highest BCUT2D eigenvalue weighted by atomic mass is 16.5. The zero-order valence-electron chi connectivity index (χ0n) is 14.0. The van der Waals surface area contributed by atoms with Gasteiger partial charge in [0.15, 0.2) is 0 Å². The van der Waals surface area contributed by atoms with Crippen molar-refractivity contribution in [1.29, 1.82) is 0 Å². The minimum Gasteiger partial charge on any atom is -0.376 e. The number of carbonyl (C=O) groups excluding carboxylic acids is 1. The monoisotopic (exact) mass is 325 g/mol. The third-order valence-electron chi connectivity index (χ3n) is 4.31. The molecule has 5 heteroatoms. The van der Waals surface area contributed by atoms with Gasteiger partial charge in [-0.25, -0.2) is 4.98 Å². The first-order chi connectivity index (χ1) is 11.7. The average molecular weight is 325 g/mol. The summed E-state index contributed by atoms with van der Waals surface area (Å²) in [7, 11) is 0. The number of hydrogen-bond donors (Lipinski definition) is 0. The van der Waals surface area contributed by atoms with Crippen LogP contribution in [0.2, 0.25) is 0 Å². The summed E-state index contributed by atoms with van der Waals surface area (Å²) in [6.07, 6.45) is 7.68. The minimum absolute atomic E-state index is 0.0780. The van der Waals surface area contributed by atoms with E-state index in [-0.39, 0.29) is 12.0 Å². The predicted octanol–water partition coefficient (Wildman–Crippen LogP) is 2.65. The summed E-state index contributed by atoms with van der Waals surface area (Å²) in [5.41, 5.74) is 2.86. The highest BCUT2D eigenvalue weighted by molar-refractivity contribution is 5.92. The third kappa shape index (κ3) is 4.38. The maximum atomic E-state index is 12.8. The molecule has 0 radical (unpaired) electrons. The van der Waals surface area contributed by atoms with Crippen molar-refractivity contribution in [2.75, 3.05) is 19.7 Å². The molecule has 1 aliphatic rings. The van der Waals surface area contributed by atoms with E-state index in [0.29, 0.717) is 18.8 Å². The molecule has 0 bridgehead atoms. The molecule has 1 atom stereocenters. The number of benzene rings is 1. The molecule has 126 valence electrons. The lowest BCUT2D eigenvalue weighted by Crippen LogP contribution is -2.39. The maximum Gasteiger partial charge on any atom is 0.274 e. The molecule has 1 saturated heterocycles. The van der Waals surface area contributed by atoms with E-state index in [2.05, 4.69) is 41.2 Å². The first-order valence-corrected chi connectivity index (χ1v) is 8.45. The Morgan fingerprint density at radius 2 is 2.12 bits per heavy atom. The smallest absolute Gasteiger partial charge is 0.274 e. The summed E-state index contributed by atoms with van der Waals surface area (Å²) in [5, 5.41) is 0. The summed E-state index contributed by atoms with van der Waals surface area (Å²) in [6, 6.07) is 8.44. The average Bonchev–Trinajstić information content (AvgIpc) is 3.13. The number of nitrogens with zero attached hydrogens (tertiary/aromatic N) is 3. The lowest BCUT2D eigenvalue weighted by atomic mass is 10.1. The van der Waals surface area contributed by atoms with Crippen LogP contribution in [0.15, 0.2) is 42.9 Å². The zero-order valence-corrected chi connectivity index (χ0v) is 14.0. The summed E-state index contributed by atoms with van der Waals surface area (Å²) in [6.45, 7) is 4.13. The standard InChI is InChI=1S/C19H23N3O2/c1-15-4-6-16(7-5-15)8-11-22(14-17-3-2-12-24-17)19(23)18-13-20-9-10-21-18/h4-7,9-10,13,17H,2-3,8,11-12,14H2,1H3/t17-/m0/s1. The van der Waals surface area contributed by atoms with Crippen molar-refractivity contribution in [3.8, 4) is 0 Å². The molecule has 5 nitrogen and oxygen atoms in total. The Kier molecular flexibility index (Phi) is 5.54. The van der Waals surface area contributed by atoms with Crippen LogP contribution >= 0.6 is 0 Å². The molecule has 0 saturated carbocycles. The number of carbonyl (C=O) groups is 1. The first-order valence-electron chi connectivity index (χ1n) is 8.45. The highest BCUT2D eigenvalue weighted by Gasteiger charge is 2.24. The Morgan fingerprint density at radius 1 is 1.29 bits per heavy atom. The van der Waals surface area contributed by atoms with Gasteiger partial charge in [-0.15, -0.1) is 0 Å². The molecule has 24 heavy (non-hydrogen) atoms. The number of aromatic nitrogens is 2. The fraction of sp³-hybridized carbons (Fsp3) is 0.421. The Balaban J connectivity index is 1.68. The lowest BCUT2D eigenvalue weighted by Gasteiger charge is -2.25. The van der Waals surface area contributed by atoms with Gasteiger partial charge in [0.25, 0.3) is 5.91 Å². The summed E-state index contributed by atoms with van der Waals surface area (Å²) in [4.78, 5) is 22.8. The molecular formula is C19H23N3O2. The number of amides is 1. The van der Waals surface area contributed by atoms with Crippen LogP contribution in [0, 0.1) is 6.92 Å². The van der Waals surface area contributed by atoms with Crippen LogP contribution < -0.4 is 0 Å². The molecule has 1 aromatic carbocycles. The number of hydrogen-bond acceptors (Lipinski definition) is 4. The second-order valence-corrected chi connectivity index (χ2v) is 6.21. The molecular weight excluding hydrogens is 302 g/mol. The van der Waals surface area contributed by atoms with Crippen LogP contribution in [-0.2, 0) is 11.2 Å². The third-order valence-corrected chi connectivity index (χ3v) is 4.31. The lowest BCUT2D eigenvalue weighted by molar-refractivity contribution is 0.0524. The summed E-state index contributed by atoms with van der Waals surface area (Å²) >= 11 is 0. The van der Waals surface area contributed by atoms with Crippen molar-refractivity contribution in [1.82, 2.24) is 14.9 Å². The molecule has 0 unspecified atom stereocenters. The molecule has 0 spiro atoms. The van der Waals surface area contributed by atoms with E-state index in [0.717, 1.165) is 25.9 Å². The van der Waals surface area contributed by atoms with Gasteiger partial charge in [-0.1, -0.05) is 29.8 Å². The molecule has 2 heterocycles. The maximum absolute atomic E-state index is 12.8. The molecule has 3 rings (SSSR count). The molecule has 0 aliphatic carbocycles. The van der Waals surface area contributed by atoms with Crippen molar-refractivity contribution in [3.05, 3.63) is 59.7 Å². The van der Waals surface area contributed by atoms with Crippen molar-refractivity contribution in [2.45, 2.75) is 32.3 Å². The summed E-state index contributed by atoms with van der Waals surface area (Å²) in [5.74, 6) is -0.0780. The van der Waals surface area contributed by atoms with E-state index >= 15 is 0 Å². The Morgan fingerprint density at radius 3 is 2.79 bits per heavy atom. The van der Waals surface area contributed by atoms with Gasteiger partial charge < -0.3 is 9.64 Å². The van der Waals surface area contributed by atoms with Crippen molar-refractivity contribution >= 4 is 5.91 Å². The van der Waals surface area contributed by atoms with Gasteiger partial charge in [0, 0.05) is 32.1 Å². The van der Waals surface area contributed by atoms with E-state index in [1.165, 1.54) is 17.3 Å². The van der Waals surface area contributed by atoms with E-state index in [1.54, 1.807) is 12.4 Å². The Hall–Kier alpha value is -2.27. The topological polar surface area (TPSA) is 55.3 Å². The van der Waals surface area contributed by atoms with Crippen LogP contribution in [0.3, 0.4) is 0 Å². The van der Waals surface area contributed by atoms with Gasteiger partial charge in [0.1, 0.15) is 5.69 Å². The van der Waals surface area contributed by atoms with Gasteiger partial charge in [0.2, 0.25) is 0 Å².